The predicted octanol–water partition coefficient (Wildman–Crippen LogP) is 2.29. The Kier molecular flexibility index (Phi) is 5.58. The van der Waals surface area contributed by atoms with Crippen LogP contribution in [-0.2, 0) is 0 Å². The van der Waals surface area contributed by atoms with Crippen LogP contribution in [0.25, 0.3) is 0 Å². The summed E-state index contributed by atoms with van der Waals surface area (Å²) < 4.78 is 3.18. The highest BCUT2D eigenvalue weighted by Gasteiger charge is 2.20. The van der Waals surface area contributed by atoms with E-state index in [1.807, 2.05) is 0 Å². The molecule has 0 saturated carbocycles. The van der Waals surface area contributed by atoms with E-state index in [-0.39, 0.29) is 0 Å². The lowest BCUT2D eigenvalue weighted by Crippen LogP contribution is -2.38. The molecule has 1 aliphatic rings. The lowest BCUT2D eigenvalue weighted by atomic mass is 9.87. The fourth-order valence-electron chi connectivity index (χ4n) is 2.04. The fourth-order valence-corrected chi connectivity index (χ4v) is 2.28. The topological polar surface area (TPSA) is 15.3 Å². The Morgan fingerprint density at radius 2 is 2.00 bits per heavy atom. The molecule has 78 valence electrons. The molecule has 2 nitrogen and oxygen atoms in total. The summed E-state index contributed by atoms with van der Waals surface area (Å²) in [6, 6.07) is 0. The van der Waals surface area contributed by atoms with Crippen LogP contribution >= 0.6 is 22.9 Å². The van der Waals surface area contributed by atoms with Crippen molar-refractivity contribution in [1.29, 1.82) is 0 Å². The molecule has 0 spiro atoms. The van der Waals surface area contributed by atoms with Crippen LogP contribution in [0.4, 0.5) is 0 Å². The number of nitrogens with one attached hydrogen (secondary N) is 1. The van der Waals surface area contributed by atoms with Gasteiger partial charge in [0.2, 0.25) is 0 Å². The zero-order valence-electron chi connectivity index (χ0n) is 8.72. The van der Waals surface area contributed by atoms with Gasteiger partial charge in [0.05, 0.1) is 0 Å². The van der Waals surface area contributed by atoms with Gasteiger partial charge in [0.15, 0.2) is 0 Å². The maximum absolute atomic E-state index is 3.18. The van der Waals surface area contributed by atoms with Crippen LogP contribution in [0.5, 0.6) is 0 Å². The molecule has 1 fully saturated rings. The highest BCUT2D eigenvalue weighted by molar-refractivity contribution is 14.1. The van der Waals surface area contributed by atoms with E-state index in [9.17, 15) is 0 Å². The number of nitrogens with zero attached hydrogens (tertiary/aromatic N) is 1. The first-order valence-electron chi connectivity index (χ1n) is 5.30. The summed E-state index contributed by atoms with van der Waals surface area (Å²) in [4.78, 5) is 2.57. The number of piperidine rings is 1. The Bertz CT molecular complexity index is 131. The SMILES string of the molecule is CC(C)C1CCN(CCNI)CC1. The second-order valence-electron chi connectivity index (χ2n) is 4.31. The molecule has 1 N–H and O–H groups in total. The van der Waals surface area contributed by atoms with E-state index in [1.54, 1.807) is 0 Å². The molecule has 1 rings (SSSR count). The first kappa shape index (κ1) is 11.7. The summed E-state index contributed by atoms with van der Waals surface area (Å²) in [6.07, 6.45) is 2.80. The Morgan fingerprint density at radius 3 is 2.46 bits per heavy atom. The van der Waals surface area contributed by atoms with E-state index in [1.165, 1.54) is 32.5 Å². The van der Waals surface area contributed by atoms with Crippen LogP contribution in [-0.4, -0.2) is 31.1 Å². The van der Waals surface area contributed by atoms with Crippen molar-refractivity contribution < 1.29 is 0 Å². The quantitative estimate of drug-likeness (QED) is 0.632. The van der Waals surface area contributed by atoms with Gasteiger partial charge in [-0.2, -0.15) is 0 Å². The smallest absolute Gasteiger partial charge is 0.0178 e. The zero-order chi connectivity index (χ0) is 9.68. The number of hydrogen-bond acceptors (Lipinski definition) is 2. The summed E-state index contributed by atoms with van der Waals surface area (Å²) in [5.74, 6) is 1.86. The van der Waals surface area contributed by atoms with Crippen molar-refractivity contribution in [1.82, 2.24) is 8.43 Å². The van der Waals surface area contributed by atoms with Crippen LogP contribution in [0.1, 0.15) is 26.7 Å². The summed E-state index contributed by atoms with van der Waals surface area (Å²) in [6.45, 7) is 9.66. The number of rotatable bonds is 4. The van der Waals surface area contributed by atoms with Gasteiger partial charge < -0.3 is 4.90 Å². The van der Waals surface area contributed by atoms with Gasteiger partial charge in [-0.3, -0.25) is 3.53 Å². The van der Waals surface area contributed by atoms with Gasteiger partial charge in [-0.15, -0.1) is 0 Å². The molecule has 0 aromatic heterocycles. The molecule has 0 radical (unpaired) electrons. The molecule has 0 aromatic carbocycles. The van der Waals surface area contributed by atoms with Crippen LogP contribution in [0.2, 0.25) is 0 Å². The molecular formula is C10H21IN2. The maximum Gasteiger partial charge on any atom is 0.0178 e. The zero-order valence-corrected chi connectivity index (χ0v) is 10.9. The molecule has 0 aliphatic carbocycles. The molecule has 0 atom stereocenters. The van der Waals surface area contributed by atoms with E-state index in [0.29, 0.717) is 0 Å². The van der Waals surface area contributed by atoms with Crippen molar-refractivity contribution in [2.24, 2.45) is 11.8 Å². The van der Waals surface area contributed by atoms with E-state index < -0.39 is 0 Å². The van der Waals surface area contributed by atoms with Crippen molar-refractivity contribution in [2.75, 3.05) is 26.2 Å². The Labute approximate surface area is 95.9 Å². The largest absolute Gasteiger partial charge is 0.302 e. The average molecular weight is 296 g/mol. The molecule has 1 heterocycles. The second kappa shape index (κ2) is 6.19. The van der Waals surface area contributed by atoms with Gasteiger partial charge >= 0.3 is 0 Å². The molecular weight excluding hydrogens is 275 g/mol. The number of hydrogen-bond donors (Lipinski definition) is 1. The molecule has 0 bridgehead atoms. The highest BCUT2D eigenvalue weighted by Crippen LogP contribution is 2.23. The highest BCUT2D eigenvalue weighted by atomic mass is 127. The summed E-state index contributed by atoms with van der Waals surface area (Å²) in [7, 11) is 0. The average Bonchev–Trinajstić information content (AvgIpc) is 2.15. The molecule has 3 heteroatoms. The summed E-state index contributed by atoms with van der Waals surface area (Å²) in [5.41, 5.74) is 0. The van der Waals surface area contributed by atoms with Gasteiger partial charge in [-0.05, 0) is 37.8 Å². The third-order valence-corrected chi connectivity index (χ3v) is 3.64. The predicted molar refractivity (Wildman–Crippen MR) is 66.0 cm³/mol. The van der Waals surface area contributed by atoms with Crippen LogP contribution in [0.3, 0.4) is 0 Å². The molecule has 13 heavy (non-hydrogen) atoms. The van der Waals surface area contributed by atoms with Crippen molar-refractivity contribution in [3.8, 4) is 0 Å². The van der Waals surface area contributed by atoms with Crippen molar-refractivity contribution in [3.63, 3.8) is 0 Å². The van der Waals surface area contributed by atoms with E-state index in [0.717, 1.165) is 18.4 Å². The van der Waals surface area contributed by atoms with Gasteiger partial charge in [-0.1, -0.05) is 13.8 Å². The number of halogens is 1. The van der Waals surface area contributed by atoms with Crippen molar-refractivity contribution >= 4 is 22.9 Å². The van der Waals surface area contributed by atoms with E-state index in [2.05, 4.69) is 45.1 Å². The van der Waals surface area contributed by atoms with Crippen LogP contribution in [0.15, 0.2) is 0 Å². The van der Waals surface area contributed by atoms with Crippen LogP contribution in [0, 0.1) is 11.8 Å². The number of likely N-dealkylation sites (tertiary alicyclic amines) is 1. The first-order chi connectivity index (χ1) is 6.24. The first-order valence-corrected chi connectivity index (χ1v) is 6.37. The third kappa shape index (κ3) is 4.13. The minimum absolute atomic E-state index is 0.879. The lowest BCUT2D eigenvalue weighted by Gasteiger charge is -2.33. The Morgan fingerprint density at radius 1 is 1.38 bits per heavy atom. The maximum atomic E-state index is 3.18. The molecule has 1 aliphatic heterocycles. The van der Waals surface area contributed by atoms with Crippen molar-refractivity contribution in [2.45, 2.75) is 26.7 Å². The summed E-state index contributed by atoms with van der Waals surface area (Å²) in [5, 5.41) is 0. The minimum atomic E-state index is 0.879. The van der Waals surface area contributed by atoms with Crippen LogP contribution < -0.4 is 3.53 Å². The fraction of sp³-hybridized carbons (Fsp3) is 1.00. The molecule has 0 amide bonds. The van der Waals surface area contributed by atoms with E-state index in [4.69, 9.17) is 0 Å². The lowest BCUT2D eigenvalue weighted by molar-refractivity contribution is 0.161. The molecule has 0 aromatic rings. The monoisotopic (exact) mass is 296 g/mol. The molecule has 0 unspecified atom stereocenters. The van der Waals surface area contributed by atoms with Gasteiger partial charge in [0.25, 0.3) is 0 Å². The standard InChI is InChI=1S/C10H21IN2/c1-9(2)10-3-6-13(7-4-10)8-5-12-11/h9-10,12H,3-8H2,1-2H3. The second-order valence-corrected chi connectivity index (χ2v) is 5.07. The Balaban J connectivity index is 2.15. The van der Waals surface area contributed by atoms with Crippen molar-refractivity contribution in [3.05, 3.63) is 0 Å². The minimum Gasteiger partial charge on any atom is -0.302 e. The van der Waals surface area contributed by atoms with Gasteiger partial charge in [-0.25, -0.2) is 0 Å². The third-order valence-electron chi connectivity index (χ3n) is 3.10. The van der Waals surface area contributed by atoms with Gasteiger partial charge in [0, 0.05) is 36.0 Å². The van der Waals surface area contributed by atoms with Gasteiger partial charge in [0.1, 0.15) is 0 Å². The summed E-state index contributed by atoms with van der Waals surface area (Å²) >= 11 is 2.22. The molecule has 1 saturated heterocycles. The Hall–Kier alpha value is 0.650. The van der Waals surface area contributed by atoms with E-state index >= 15 is 0 Å². The normalized spacial score (nSPS) is 21.2.